The number of carbonyl (C=O) groups is 2. The zero-order valence-electron chi connectivity index (χ0n) is 17.1. The Morgan fingerprint density at radius 2 is 1.83 bits per heavy atom. The number of amides is 2. The first-order valence-corrected chi connectivity index (χ1v) is 10.6. The summed E-state index contributed by atoms with van der Waals surface area (Å²) in [4.78, 5) is 27.4. The lowest BCUT2D eigenvalue weighted by Gasteiger charge is -2.30. The summed E-state index contributed by atoms with van der Waals surface area (Å²) in [7, 11) is 0. The van der Waals surface area contributed by atoms with Gasteiger partial charge in [0.25, 0.3) is 5.91 Å². The molecule has 1 saturated heterocycles. The molecule has 0 atom stereocenters. The molecule has 3 heterocycles. The highest BCUT2D eigenvalue weighted by molar-refractivity contribution is 6.35. The van der Waals surface area contributed by atoms with E-state index in [0.29, 0.717) is 18.0 Å². The standard InChI is InChI=1S/C25H25N3O2/c1-17-10-12-27(13-11-17)24(29)16-28-15-18(19-6-3-5-9-23(19)28)14-21-20-7-2-4-8-22(20)26-25(21)30/h2-9,14-15,17H,10-13,16H2,1H3,(H,26,30). The fourth-order valence-electron chi connectivity index (χ4n) is 4.46. The van der Waals surface area contributed by atoms with E-state index in [1.807, 2.05) is 70.3 Å². The number of benzene rings is 2. The molecule has 0 radical (unpaired) electrons. The van der Waals surface area contributed by atoms with Gasteiger partial charge in [0.2, 0.25) is 5.91 Å². The van der Waals surface area contributed by atoms with E-state index in [-0.39, 0.29) is 11.8 Å². The van der Waals surface area contributed by atoms with Gasteiger partial charge in [-0.3, -0.25) is 9.59 Å². The highest BCUT2D eigenvalue weighted by atomic mass is 16.2. The Morgan fingerprint density at radius 1 is 1.10 bits per heavy atom. The number of carbonyl (C=O) groups excluding carboxylic acids is 2. The minimum atomic E-state index is -0.0912. The number of anilines is 1. The summed E-state index contributed by atoms with van der Waals surface area (Å²) in [6.07, 6.45) is 6.08. The summed E-state index contributed by atoms with van der Waals surface area (Å²) < 4.78 is 2.01. The molecule has 30 heavy (non-hydrogen) atoms. The van der Waals surface area contributed by atoms with Crippen LogP contribution in [0.2, 0.25) is 0 Å². The number of hydrogen-bond donors (Lipinski definition) is 1. The fourth-order valence-corrected chi connectivity index (χ4v) is 4.46. The van der Waals surface area contributed by atoms with E-state index in [2.05, 4.69) is 12.2 Å². The van der Waals surface area contributed by atoms with Crippen molar-refractivity contribution in [1.82, 2.24) is 9.47 Å². The topological polar surface area (TPSA) is 54.3 Å². The van der Waals surface area contributed by atoms with Gasteiger partial charge in [-0.1, -0.05) is 43.3 Å². The quantitative estimate of drug-likeness (QED) is 0.664. The first-order valence-electron chi connectivity index (χ1n) is 10.6. The van der Waals surface area contributed by atoms with Gasteiger partial charge in [0.1, 0.15) is 6.54 Å². The molecule has 3 aromatic rings. The van der Waals surface area contributed by atoms with Gasteiger partial charge in [-0.2, -0.15) is 0 Å². The Hall–Kier alpha value is -3.34. The largest absolute Gasteiger partial charge is 0.341 e. The molecule has 5 rings (SSSR count). The monoisotopic (exact) mass is 399 g/mol. The zero-order valence-corrected chi connectivity index (χ0v) is 17.1. The maximum atomic E-state index is 12.9. The van der Waals surface area contributed by atoms with Crippen LogP contribution in [0, 0.1) is 5.92 Å². The van der Waals surface area contributed by atoms with Gasteiger partial charge in [0.15, 0.2) is 0 Å². The molecular formula is C25H25N3O2. The molecule has 2 aromatic carbocycles. The average molecular weight is 399 g/mol. The van der Waals surface area contributed by atoms with Crippen LogP contribution in [-0.4, -0.2) is 34.4 Å². The molecule has 0 spiro atoms. The summed E-state index contributed by atoms with van der Waals surface area (Å²) in [5.41, 5.74) is 4.37. The van der Waals surface area contributed by atoms with Crippen LogP contribution < -0.4 is 5.32 Å². The van der Waals surface area contributed by atoms with Crippen LogP contribution in [-0.2, 0) is 16.1 Å². The van der Waals surface area contributed by atoms with Crippen molar-refractivity contribution in [2.75, 3.05) is 18.4 Å². The van der Waals surface area contributed by atoms with Gasteiger partial charge in [-0.05, 0) is 37.0 Å². The third kappa shape index (κ3) is 3.30. The van der Waals surface area contributed by atoms with Crippen LogP contribution in [0.4, 0.5) is 5.69 Å². The minimum Gasteiger partial charge on any atom is -0.341 e. The van der Waals surface area contributed by atoms with Crippen molar-refractivity contribution in [3.05, 3.63) is 65.9 Å². The van der Waals surface area contributed by atoms with E-state index < -0.39 is 0 Å². The summed E-state index contributed by atoms with van der Waals surface area (Å²) in [5.74, 6) is 0.762. The number of likely N-dealkylation sites (tertiary alicyclic amines) is 1. The van der Waals surface area contributed by atoms with Crippen molar-refractivity contribution in [1.29, 1.82) is 0 Å². The second kappa shape index (κ2) is 7.48. The molecule has 1 fully saturated rings. The molecule has 2 aliphatic heterocycles. The van der Waals surface area contributed by atoms with Gasteiger partial charge >= 0.3 is 0 Å². The number of para-hydroxylation sites is 2. The van der Waals surface area contributed by atoms with Crippen LogP contribution in [0.15, 0.2) is 54.7 Å². The van der Waals surface area contributed by atoms with E-state index in [0.717, 1.165) is 53.6 Å². The SMILES string of the molecule is CC1CCN(C(=O)Cn2cc(C=C3C(=O)Nc4ccccc43)c3ccccc32)CC1. The number of rotatable bonds is 3. The van der Waals surface area contributed by atoms with Gasteiger partial charge < -0.3 is 14.8 Å². The number of nitrogens with zero attached hydrogens (tertiary/aromatic N) is 2. The van der Waals surface area contributed by atoms with Crippen molar-refractivity contribution in [3.8, 4) is 0 Å². The number of fused-ring (bicyclic) bond motifs is 2. The van der Waals surface area contributed by atoms with E-state index in [4.69, 9.17) is 0 Å². The average Bonchev–Trinajstić information content (AvgIpc) is 3.26. The highest BCUT2D eigenvalue weighted by Crippen LogP contribution is 2.34. The summed E-state index contributed by atoms with van der Waals surface area (Å²) in [6.45, 7) is 4.25. The lowest BCUT2D eigenvalue weighted by atomic mass is 9.99. The van der Waals surface area contributed by atoms with Crippen LogP contribution in [0.1, 0.15) is 30.9 Å². The minimum absolute atomic E-state index is 0.0912. The van der Waals surface area contributed by atoms with Crippen LogP contribution >= 0.6 is 0 Å². The van der Waals surface area contributed by atoms with E-state index in [1.165, 1.54) is 0 Å². The number of aromatic nitrogens is 1. The van der Waals surface area contributed by atoms with Crippen LogP contribution in [0.25, 0.3) is 22.6 Å². The molecule has 2 aliphatic rings. The van der Waals surface area contributed by atoms with E-state index in [1.54, 1.807) is 0 Å². The third-order valence-corrected chi connectivity index (χ3v) is 6.27. The fraction of sp³-hybridized carbons (Fsp3) is 0.280. The second-order valence-electron chi connectivity index (χ2n) is 8.35. The predicted molar refractivity (Wildman–Crippen MR) is 120 cm³/mol. The van der Waals surface area contributed by atoms with Gasteiger partial charge in [0.05, 0.1) is 0 Å². The zero-order chi connectivity index (χ0) is 20.7. The summed E-state index contributed by atoms with van der Waals surface area (Å²) in [6, 6.07) is 15.8. The van der Waals surface area contributed by atoms with Crippen molar-refractivity contribution in [3.63, 3.8) is 0 Å². The number of nitrogens with one attached hydrogen (secondary N) is 1. The molecule has 2 amide bonds. The van der Waals surface area contributed by atoms with Crippen LogP contribution in [0.5, 0.6) is 0 Å². The molecule has 0 saturated carbocycles. The predicted octanol–water partition coefficient (Wildman–Crippen LogP) is 4.39. The molecule has 5 heteroatoms. The van der Waals surface area contributed by atoms with Crippen LogP contribution in [0.3, 0.4) is 0 Å². The Balaban J connectivity index is 1.49. The summed E-state index contributed by atoms with van der Waals surface area (Å²) in [5, 5.41) is 3.97. The Labute approximate surface area is 176 Å². The Bertz CT molecular complexity index is 1170. The number of hydrogen-bond acceptors (Lipinski definition) is 2. The lowest BCUT2D eigenvalue weighted by Crippen LogP contribution is -2.39. The molecular weight excluding hydrogens is 374 g/mol. The number of piperidine rings is 1. The first kappa shape index (κ1) is 18.7. The first-order chi connectivity index (χ1) is 14.6. The van der Waals surface area contributed by atoms with E-state index in [9.17, 15) is 9.59 Å². The molecule has 5 nitrogen and oxygen atoms in total. The summed E-state index contributed by atoms with van der Waals surface area (Å²) >= 11 is 0. The van der Waals surface area contributed by atoms with Crippen molar-refractivity contribution >= 4 is 40.1 Å². The molecule has 0 bridgehead atoms. The normalized spacial score (nSPS) is 18.1. The maximum Gasteiger partial charge on any atom is 0.256 e. The molecule has 1 aromatic heterocycles. The van der Waals surface area contributed by atoms with Crippen molar-refractivity contribution in [2.45, 2.75) is 26.3 Å². The smallest absolute Gasteiger partial charge is 0.256 e. The van der Waals surface area contributed by atoms with Gasteiger partial charge in [-0.15, -0.1) is 0 Å². The van der Waals surface area contributed by atoms with Gasteiger partial charge in [0, 0.05) is 52.6 Å². The lowest BCUT2D eigenvalue weighted by molar-refractivity contribution is -0.133. The second-order valence-corrected chi connectivity index (χ2v) is 8.35. The van der Waals surface area contributed by atoms with E-state index >= 15 is 0 Å². The Morgan fingerprint density at radius 3 is 2.67 bits per heavy atom. The van der Waals surface area contributed by atoms with Crippen molar-refractivity contribution < 1.29 is 9.59 Å². The van der Waals surface area contributed by atoms with Gasteiger partial charge in [-0.25, -0.2) is 0 Å². The molecule has 0 unspecified atom stereocenters. The maximum absolute atomic E-state index is 12.9. The molecule has 152 valence electrons. The Kier molecular flexibility index (Phi) is 4.66. The molecule has 0 aliphatic carbocycles. The third-order valence-electron chi connectivity index (χ3n) is 6.27. The molecule has 1 N–H and O–H groups in total. The highest BCUT2D eigenvalue weighted by Gasteiger charge is 2.25. The van der Waals surface area contributed by atoms with Crippen molar-refractivity contribution in [2.24, 2.45) is 5.92 Å².